The Morgan fingerprint density at radius 3 is 2.47 bits per heavy atom. The molecule has 0 fully saturated rings. The molecule has 0 unspecified atom stereocenters. The maximum absolute atomic E-state index is 13.1. The molecule has 1 aromatic carbocycles. The maximum atomic E-state index is 13.1. The van der Waals surface area contributed by atoms with E-state index in [2.05, 4.69) is 10.1 Å². The molecule has 2 N–H and O–H groups in total. The van der Waals surface area contributed by atoms with Crippen LogP contribution in [0.4, 0.5) is 10.1 Å². The third kappa shape index (κ3) is 4.10. The van der Waals surface area contributed by atoms with Crippen LogP contribution in [0.25, 0.3) is 0 Å². The molecule has 94 valence electrons. The number of nitrogens with one attached hydrogen (secondary N) is 1. The van der Waals surface area contributed by atoms with Crippen molar-refractivity contribution < 1.29 is 23.8 Å². The number of phenols is 1. The van der Waals surface area contributed by atoms with Gasteiger partial charge in [0, 0.05) is 13.1 Å². The SMILES string of the molecule is CC=O.CNc1cc(O)c(C(=O)OC)cc1F. The Labute approximate surface area is 98.2 Å². The fourth-order valence-corrected chi connectivity index (χ4v) is 1.03. The highest BCUT2D eigenvalue weighted by Crippen LogP contribution is 2.25. The van der Waals surface area contributed by atoms with E-state index in [-0.39, 0.29) is 17.0 Å². The van der Waals surface area contributed by atoms with Gasteiger partial charge in [0.05, 0.1) is 12.8 Å². The van der Waals surface area contributed by atoms with Crippen molar-refractivity contribution in [1.29, 1.82) is 0 Å². The summed E-state index contributed by atoms with van der Waals surface area (Å²) in [6.07, 6.45) is 0.750. The van der Waals surface area contributed by atoms with Gasteiger partial charge >= 0.3 is 5.97 Å². The molecular weight excluding hydrogens is 229 g/mol. The van der Waals surface area contributed by atoms with Gasteiger partial charge in [-0.05, 0) is 13.0 Å². The molecule has 0 aliphatic heterocycles. The minimum Gasteiger partial charge on any atom is -0.507 e. The number of benzene rings is 1. The quantitative estimate of drug-likeness (QED) is 0.609. The minimum absolute atomic E-state index is 0.121. The molecule has 0 atom stereocenters. The van der Waals surface area contributed by atoms with Crippen LogP contribution in [0, 0.1) is 5.82 Å². The maximum Gasteiger partial charge on any atom is 0.341 e. The first-order valence-electron chi connectivity index (χ1n) is 4.70. The van der Waals surface area contributed by atoms with Crippen molar-refractivity contribution in [1.82, 2.24) is 0 Å². The minimum atomic E-state index is -0.774. The second-order valence-electron chi connectivity index (χ2n) is 2.83. The molecule has 0 bridgehead atoms. The number of ether oxygens (including phenoxy) is 1. The highest BCUT2D eigenvalue weighted by atomic mass is 19.1. The first kappa shape index (κ1) is 14.9. The zero-order valence-corrected chi connectivity index (χ0v) is 9.78. The number of methoxy groups -OCH3 is 1. The normalized spacial score (nSPS) is 8.71. The van der Waals surface area contributed by atoms with E-state index in [9.17, 15) is 14.3 Å². The fraction of sp³-hybridized carbons (Fsp3) is 0.273. The third-order valence-electron chi connectivity index (χ3n) is 1.76. The lowest BCUT2D eigenvalue weighted by Gasteiger charge is -2.06. The Kier molecular flexibility index (Phi) is 6.32. The number of aromatic hydroxyl groups is 1. The van der Waals surface area contributed by atoms with E-state index in [0.717, 1.165) is 25.5 Å². The monoisotopic (exact) mass is 243 g/mol. The van der Waals surface area contributed by atoms with Crippen molar-refractivity contribution in [3.8, 4) is 5.75 Å². The molecule has 0 aliphatic carbocycles. The van der Waals surface area contributed by atoms with Gasteiger partial charge in [0.1, 0.15) is 23.4 Å². The third-order valence-corrected chi connectivity index (χ3v) is 1.76. The van der Waals surface area contributed by atoms with Crippen LogP contribution in [-0.4, -0.2) is 31.5 Å². The first-order valence-corrected chi connectivity index (χ1v) is 4.70. The Hall–Kier alpha value is -2.11. The lowest BCUT2D eigenvalue weighted by molar-refractivity contribution is -0.106. The number of anilines is 1. The van der Waals surface area contributed by atoms with Crippen LogP contribution in [0.15, 0.2) is 12.1 Å². The van der Waals surface area contributed by atoms with Crippen LogP contribution in [0.2, 0.25) is 0 Å². The number of hydrogen-bond donors (Lipinski definition) is 2. The Bertz CT molecular complexity index is 407. The summed E-state index contributed by atoms with van der Waals surface area (Å²) in [7, 11) is 2.67. The summed E-state index contributed by atoms with van der Waals surface area (Å²) in [5.41, 5.74) is -0.0702. The molecular formula is C11H14FNO4. The number of rotatable bonds is 2. The van der Waals surface area contributed by atoms with Gasteiger partial charge in [-0.15, -0.1) is 0 Å². The zero-order chi connectivity index (χ0) is 13.4. The molecule has 0 spiro atoms. The Balaban J connectivity index is 0.000000770. The van der Waals surface area contributed by atoms with E-state index >= 15 is 0 Å². The lowest BCUT2D eigenvalue weighted by atomic mass is 10.1. The molecule has 0 radical (unpaired) electrons. The number of phenolic OH excluding ortho intramolecular Hbond substituents is 1. The van der Waals surface area contributed by atoms with Gasteiger partial charge in [-0.1, -0.05) is 0 Å². The molecule has 17 heavy (non-hydrogen) atoms. The topological polar surface area (TPSA) is 75.6 Å². The van der Waals surface area contributed by atoms with Crippen LogP contribution in [0.3, 0.4) is 0 Å². The molecule has 0 aromatic heterocycles. The predicted molar refractivity (Wildman–Crippen MR) is 60.7 cm³/mol. The summed E-state index contributed by atoms with van der Waals surface area (Å²) in [5.74, 6) is -1.71. The average Bonchev–Trinajstić information content (AvgIpc) is 2.31. The fourth-order valence-electron chi connectivity index (χ4n) is 1.03. The second kappa shape index (κ2) is 7.21. The molecule has 0 heterocycles. The number of esters is 1. The van der Waals surface area contributed by atoms with E-state index < -0.39 is 11.8 Å². The van der Waals surface area contributed by atoms with Crippen molar-refractivity contribution in [2.45, 2.75) is 6.92 Å². The molecule has 0 saturated carbocycles. The summed E-state index contributed by atoms with van der Waals surface area (Å²) >= 11 is 0. The van der Waals surface area contributed by atoms with Crippen LogP contribution in [0.5, 0.6) is 5.75 Å². The number of halogens is 1. The van der Waals surface area contributed by atoms with E-state index in [1.807, 2.05) is 0 Å². The summed E-state index contributed by atoms with van der Waals surface area (Å²) in [5, 5.41) is 11.9. The molecule has 5 nitrogen and oxygen atoms in total. The van der Waals surface area contributed by atoms with Crippen molar-refractivity contribution in [3.63, 3.8) is 0 Å². The molecule has 6 heteroatoms. The molecule has 0 aliphatic rings. The highest BCUT2D eigenvalue weighted by molar-refractivity contribution is 5.93. The van der Waals surface area contributed by atoms with Crippen molar-refractivity contribution in [2.24, 2.45) is 0 Å². The summed E-state index contributed by atoms with van der Waals surface area (Å²) in [4.78, 5) is 19.8. The smallest absolute Gasteiger partial charge is 0.341 e. The standard InChI is InChI=1S/C9H10FNO3.C2H4O/c1-11-7-4-8(12)5(3-6(7)10)9(13)14-2;1-2-3/h3-4,11-12H,1-2H3;2H,1H3. The summed E-state index contributed by atoms with van der Waals surface area (Å²) in [6.45, 7) is 1.44. The lowest BCUT2D eigenvalue weighted by Crippen LogP contribution is -2.03. The van der Waals surface area contributed by atoms with E-state index in [0.29, 0.717) is 0 Å². The van der Waals surface area contributed by atoms with Gasteiger partial charge in [-0.3, -0.25) is 0 Å². The van der Waals surface area contributed by atoms with Gasteiger partial charge in [-0.25, -0.2) is 9.18 Å². The molecule has 1 rings (SSSR count). The number of hydrogen-bond acceptors (Lipinski definition) is 5. The van der Waals surface area contributed by atoms with Crippen LogP contribution < -0.4 is 5.32 Å². The van der Waals surface area contributed by atoms with Gasteiger partial charge in [-0.2, -0.15) is 0 Å². The van der Waals surface area contributed by atoms with Crippen molar-refractivity contribution in [2.75, 3.05) is 19.5 Å². The molecule has 1 aromatic rings. The Morgan fingerprint density at radius 1 is 1.53 bits per heavy atom. The van der Waals surface area contributed by atoms with Gasteiger partial charge < -0.3 is 20.0 Å². The van der Waals surface area contributed by atoms with Crippen LogP contribution in [0.1, 0.15) is 17.3 Å². The van der Waals surface area contributed by atoms with Crippen LogP contribution in [-0.2, 0) is 9.53 Å². The predicted octanol–water partition coefficient (Wildman–Crippen LogP) is 1.56. The highest BCUT2D eigenvalue weighted by Gasteiger charge is 2.15. The van der Waals surface area contributed by atoms with E-state index in [4.69, 9.17) is 4.79 Å². The number of carbonyl (C=O) groups excluding carboxylic acids is 2. The summed E-state index contributed by atoms with van der Waals surface area (Å²) in [6, 6.07) is 2.05. The van der Waals surface area contributed by atoms with Crippen molar-refractivity contribution >= 4 is 17.9 Å². The van der Waals surface area contributed by atoms with Gasteiger partial charge in [0.2, 0.25) is 0 Å². The van der Waals surface area contributed by atoms with E-state index in [1.165, 1.54) is 14.0 Å². The molecule has 0 amide bonds. The summed E-state index contributed by atoms with van der Waals surface area (Å²) < 4.78 is 17.5. The average molecular weight is 243 g/mol. The van der Waals surface area contributed by atoms with Gasteiger partial charge in [0.15, 0.2) is 0 Å². The zero-order valence-electron chi connectivity index (χ0n) is 9.78. The van der Waals surface area contributed by atoms with Crippen molar-refractivity contribution in [3.05, 3.63) is 23.5 Å². The van der Waals surface area contributed by atoms with E-state index in [1.54, 1.807) is 0 Å². The van der Waals surface area contributed by atoms with Gasteiger partial charge in [0.25, 0.3) is 0 Å². The van der Waals surface area contributed by atoms with Crippen LogP contribution >= 0.6 is 0 Å². The Morgan fingerprint density at radius 2 is 2.06 bits per heavy atom. The second-order valence-corrected chi connectivity index (χ2v) is 2.83. The largest absolute Gasteiger partial charge is 0.507 e. The number of aldehydes is 1. The molecule has 0 saturated heterocycles. The number of carbonyl (C=O) groups is 2. The first-order chi connectivity index (χ1) is 8.01.